The molecule has 0 radical (unpaired) electrons. The summed E-state index contributed by atoms with van der Waals surface area (Å²) in [5.41, 5.74) is 3.43. The lowest BCUT2D eigenvalue weighted by molar-refractivity contribution is -0.132. The summed E-state index contributed by atoms with van der Waals surface area (Å²) in [6.07, 6.45) is 0. The second-order valence-corrected chi connectivity index (χ2v) is 9.37. The van der Waals surface area contributed by atoms with Crippen LogP contribution in [0.4, 0.5) is 11.6 Å². The standard InChI is InChI=1S/C30H28N4O5/c1-3-33(4-2)20-12-9-18(10-13-20)26-25(27(35)19-11-14-23-24(17-19)39-16-15-38-23)28(36)29(37)34(26)30-31-21-7-5-6-8-22(21)32-30/h5-14,17,26,35H,3-4,15-16H2,1-2H3,(H,31,32)/b27-25+. The summed E-state index contributed by atoms with van der Waals surface area (Å²) in [6, 6.07) is 19.2. The van der Waals surface area contributed by atoms with E-state index in [0.29, 0.717) is 41.4 Å². The number of hydrogen-bond acceptors (Lipinski definition) is 7. The van der Waals surface area contributed by atoms with Gasteiger partial charge in [-0.2, -0.15) is 0 Å². The van der Waals surface area contributed by atoms with E-state index >= 15 is 0 Å². The van der Waals surface area contributed by atoms with Crippen molar-refractivity contribution in [2.45, 2.75) is 19.9 Å². The van der Waals surface area contributed by atoms with E-state index in [9.17, 15) is 14.7 Å². The number of benzene rings is 3. The third-order valence-corrected chi connectivity index (χ3v) is 7.20. The number of rotatable bonds is 6. The molecule has 198 valence electrons. The van der Waals surface area contributed by atoms with Gasteiger partial charge in [-0.1, -0.05) is 24.3 Å². The number of fused-ring (bicyclic) bond motifs is 2. The summed E-state index contributed by atoms with van der Waals surface area (Å²) >= 11 is 0. The van der Waals surface area contributed by atoms with Crippen LogP contribution in [0.15, 0.2) is 72.3 Å². The van der Waals surface area contributed by atoms with Crippen molar-refractivity contribution in [1.29, 1.82) is 0 Å². The zero-order valence-corrected chi connectivity index (χ0v) is 21.7. The molecule has 9 nitrogen and oxygen atoms in total. The van der Waals surface area contributed by atoms with Crippen molar-refractivity contribution in [3.8, 4) is 11.5 Å². The molecule has 6 rings (SSSR count). The molecule has 1 amide bonds. The number of anilines is 2. The molecular weight excluding hydrogens is 496 g/mol. The molecule has 3 heterocycles. The smallest absolute Gasteiger partial charge is 0.302 e. The number of nitrogens with zero attached hydrogens (tertiary/aromatic N) is 3. The molecule has 2 aliphatic rings. The number of imidazole rings is 1. The quantitative estimate of drug-likeness (QED) is 0.212. The van der Waals surface area contributed by atoms with Crippen LogP contribution in [0.5, 0.6) is 11.5 Å². The largest absolute Gasteiger partial charge is 0.507 e. The Labute approximate surface area is 225 Å². The van der Waals surface area contributed by atoms with Gasteiger partial charge in [0.25, 0.3) is 5.78 Å². The Hall–Kier alpha value is -4.79. The highest BCUT2D eigenvalue weighted by molar-refractivity contribution is 6.51. The zero-order valence-electron chi connectivity index (χ0n) is 21.7. The topological polar surface area (TPSA) is 108 Å². The van der Waals surface area contributed by atoms with Crippen molar-refractivity contribution in [2.24, 2.45) is 0 Å². The Morgan fingerprint density at radius 2 is 1.72 bits per heavy atom. The third-order valence-electron chi connectivity index (χ3n) is 7.20. The monoisotopic (exact) mass is 524 g/mol. The number of hydrogen-bond donors (Lipinski definition) is 2. The number of carbonyl (C=O) groups is 2. The summed E-state index contributed by atoms with van der Waals surface area (Å²) in [4.78, 5) is 38.4. The first-order valence-electron chi connectivity index (χ1n) is 13.0. The maximum atomic E-state index is 13.5. The Morgan fingerprint density at radius 3 is 2.44 bits per heavy atom. The van der Waals surface area contributed by atoms with Crippen LogP contribution in [0.1, 0.15) is 31.0 Å². The Balaban J connectivity index is 1.51. The van der Waals surface area contributed by atoms with Crippen LogP contribution in [0.2, 0.25) is 0 Å². The van der Waals surface area contributed by atoms with Gasteiger partial charge in [-0.25, -0.2) is 4.98 Å². The molecule has 0 bridgehead atoms. The van der Waals surface area contributed by atoms with Crippen molar-refractivity contribution >= 4 is 40.1 Å². The number of ether oxygens (including phenoxy) is 2. The van der Waals surface area contributed by atoms with Gasteiger partial charge < -0.3 is 24.5 Å². The van der Waals surface area contributed by atoms with Crippen LogP contribution in [0, 0.1) is 0 Å². The Bertz CT molecular complexity index is 1570. The first-order chi connectivity index (χ1) is 19.0. The van der Waals surface area contributed by atoms with Gasteiger partial charge in [-0.15, -0.1) is 0 Å². The van der Waals surface area contributed by atoms with Crippen LogP contribution in [-0.2, 0) is 9.59 Å². The number of aliphatic hydroxyl groups is 1. The number of aromatic nitrogens is 2. The van der Waals surface area contributed by atoms with E-state index in [1.165, 1.54) is 4.90 Å². The second-order valence-electron chi connectivity index (χ2n) is 9.37. The molecule has 2 N–H and O–H groups in total. The number of para-hydroxylation sites is 2. The molecule has 1 atom stereocenters. The van der Waals surface area contributed by atoms with Gasteiger partial charge in [0.1, 0.15) is 19.0 Å². The van der Waals surface area contributed by atoms with Crippen LogP contribution in [-0.4, -0.2) is 53.1 Å². The summed E-state index contributed by atoms with van der Waals surface area (Å²) in [5, 5.41) is 11.5. The summed E-state index contributed by atoms with van der Waals surface area (Å²) in [6.45, 7) is 6.67. The average Bonchev–Trinajstić information content (AvgIpc) is 3.51. The van der Waals surface area contributed by atoms with E-state index < -0.39 is 17.7 Å². The van der Waals surface area contributed by atoms with E-state index in [1.54, 1.807) is 18.2 Å². The van der Waals surface area contributed by atoms with Gasteiger partial charge in [-0.3, -0.25) is 14.5 Å². The minimum Gasteiger partial charge on any atom is -0.507 e. The molecule has 1 aromatic heterocycles. The maximum absolute atomic E-state index is 13.5. The number of H-pyrrole nitrogens is 1. The van der Waals surface area contributed by atoms with Gasteiger partial charge in [0, 0.05) is 24.3 Å². The number of aromatic amines is 1. The van der Waals surface area contributed by atoms with E-state index in [-0.39, 0.29) is 17.3 Å². The van der Waals surface area contributed by atoms with Crippen molar-refractivity contribution in [3.63, 3.8) is 0 Å². The van der Waals surface area contributed by atoms with Crippen molar-refractivity contribution < 1.29 is 24.2 Å². The number of Topliss-reactive ketones (excluding diaryl/α,β-unsaturated/α-hetero) is 1. The van der Waals surface area contributed by atoms with Crippen LogP contribution in [0.25, 0.3) is 16.8 Å². The summed E-state index contributed by atoms with van der Waals surface area (Å²) < 4.78 is 11.3. The molecule has 0 saturated carbocycles. The van der Waals surface area contributed by atoms with Gasteiger partial charge in [0.2, 0.25) is 5.95 Å². The van der Waals surface area contributed by atoms with Crippen molar-refractivity contribution in [2.75, 3.05) is 36.1 Å². The molecule has 3 aromatic carbocycles. The predicted octanol–water partition coefficient (Wildman–Crippen LogP) is 4.81. The van der Waals surface area contributed by atoms with Gasteiger partial charge in [0.05, 0.1) is 22.6 Å². The minimum absolute atomic E-state index is 0.0206. The molecule has 1 saturated heterocycles. The summed E-state index contributed by atoms with van der Waals surface area (Å²) in [5.74, 6) is -0.591. The SMILES string of the molecule is CCN(CC)c1ccc(C2/C(=C(\O)c3ccc4c(c3)OCCO4)C(=O)C(=O)N2c2nc3ccccc3[nH]2)cc1. The van der Waals surface area contributed by atoms with Gasteiger partial charge >= 0.3 is 5.91 Å². The van der Waals surface area contributed by atoms with Crippen molar-refractivity contribution in [1.82, 2.24) is 9.97 Å². The second kappa shape index (κ2) is 9.83. The Kier molecular flexibility index (Phi) is 6.18. The molecule has 1 unspecified atom stereocenters. The van der Waals surface area contributed by atoms with Gasteiger partial charge in [-0.05, 0) is 61.9 Å². The first kappa shape index (κ1) is 24.5. The van der Waals surface area contributed by atoms with Crippen molar-refractivity contribution in [3.05, 3.63) is 83.4 Å². The first-order valence-corrected chi connectivity index (χ1v) is 13.0. The van der Waals surface area contributed by atoms with Gasteiger partial charge in [0.15, 0.2) is 11.5 Å². The molecule has 1 fully saturated rings. The normalized spacial score (nSPS) is 18.1. The Morgan fingerprint density at radius 1 is 1.00 bits per heavy atom. The van der Waals surface area contributed by atoms with E-state index in [0.717, 1.165) is 24.3 Å². The lowest BCUT2D eigenvalue weighted by Crippen LogP contribution is -2.30. The highest BCUT2D eigenvalue weighted by Crippen LogP contribution is 2.43. The lowest BCUT2D eigenvalue weighted by Gasteiger charge is -2.25. The molecular formula is C30H28N4O5. The van der Waals surface area contributed by atoms with Crippen LogP contribution < -0.4 is 19.3 Å². The third kappa shape index (κ3) is 4.16. The highest BCUT2D eigenvalue weighted by atomic mass is 16.6. The number of amides is 1. The number of carbonyl (C=O) groups excluding carboxylic acids is 2. The fourth-order valence-corrected chi connectivity index (χ4v) is 5.22. The fraction of sp³-hybridized carbons (Fsp3) is 0.233. The zero-order chi connectivity index (χ0) is 27.1. The highest BCUT2D eigenvalue weighted by Gasteiger charge is 2.48. The summed E-state index contributed by atoms with van der Waals surface area (Å²) in [7, 11) is 0. The fourth-order valence-electron chi connectivity index (χ4n) is 5.22. The maximum Gasteiger partial charge on any atom is 0.302 e. The minimum atomic E-state index is -0.899. The van der Waals surface area contributed by atoms with Crippen LogP contribution >= 0.6 is 0 Å². The number of ketones is 1. The number of nitrogens with one attached hydrogen (secondary N) is 1. The predicted molar refractivity (Wildman–Crippen MR) is 148 cm³/mol. The van der Waals surface area contributed by atoms with Crippen LogP contribution in [0.3, 0.4) is 0 Å². The molecule has 2 aliphatic heterocycles. The lowest BCUT2D eigenvalue weighted by atomic mass is 9.95. The van der Waals surface area contributed by atoms with E-state index in [4.69, 9.17) is 9.47 Å². The average molecular weight is 525 g/mol. The molecule has 0 spiro atoms. The van der Waals surface area contributed by atoms with E-state index in [1.807, 2.05) is 48.5 Å². The number of aliphatic hydroxyl groups excluding tert-OH is 1. The van der Waals surface area contributed by atoms with E-state index in [2.05, 4.69) is 28.7 Å². The molecule has 0 aliphatic carbocycles. The molecule has 9 heteroatoms. The molecule has 39 heavy (non-hydrogen) atoms. The molecule has 4 aromatic rings.